The number of hydrogen-bond acceptors (Lipinski definition) is 5. The van der Waals surface area contributed by atoms with Gasteiger partial charge in [0, 0.05) is 46.0 Å². The molecule has 0 aromatic carbocycles. The Morgan fingerprint density at radius 2 is 1.81 bits per heavy atom. The number of alkyl carbamates (subject to hydrolysis) is 1. The Bertz CT molecular complexity index is 432. The van der Waals surface area contributed by atoms with Crippen molar-refractivity contribution in [2.24, 2.45) is 4.99 Å². The first kappa shape index (κ1) is 23.5. The second-order valence-corrected chi connectivity index (χ2v) is 7.51. The largest absolute Gasteiger partial charge is 0.444 e. The Morgan fingerprint density at radius 1 is 1.11 bits per heavy atom. The van der Waals surface area contributed by atoms with Crippen molar-refractivity contribution < 1.29 is 19.0 Å². The van der Waals surface area contributed by atoms with E-state index in [4.69, 9.17) is 14.2 Å². The molecule has 8 nitrogen and oxygen atoms in total. The predicted molar refractivity (Wildman–Crippen MR) is 107 cm³/mol. The molecule has 0 atom stereocenters. The molecular formula is C19H38N4O4. The number of nitrogens with one attached hydrogen (secondary N) is 3. The number of hydrogen-bond donors (Lipinski definition) is 3. The highest BCUT2D eigenvalue weighted by molar-refractivity contribution is 5.79. The third-order valence-corrected chi connectivity index (χ3v) is 3.75. The smallest absolute Gasteiger partial charge is 0.407 e. The highest BCUT2D eigenvalue weighted by Crippen LogP contribution is 2.10. The monoisotopic (exact) mass is 386 g/mol. The van der Waals surface area contributed by atoms with Crippen LogP contribution < -0.4 is 16.0 Å². The number of aliphatic imine (C=N–C) groups is 1. The molecule has 158 valence electrons. The number of nitrogens with zero attached hydrogens (tertiary/aromatic N) is 1. The van der Waals surface area contributed by atoms with Crippen LogP contribution >= 0.6 is 0 Å². The average Bonchev–Trinajstić information content (AvgIpc) is 2.60. The van der Waals surface area contributed by atoms with E-state index in [2.05, 4.69) is 20.9 Å². The molecule has 8 heteroatoms. The van der Waals surface area contributed by atoms with Crippen molar-refractivity contribution in [2.75, 3.05) is 46.0 Å². The van der Waals surface area contributed by atoms with E-state index in [0.29, 0.717) is 19.2 Å². The van der Waals surface area contributed by atoms with Crippen LogP contribution in [0.2, 0.25) is 0 Å². The van der Waals surface area contributed by atoms with Crippen molar-refractivity contribution in [3.8, 4) is 0 Å². The van der Waals surface area contributed by atoms with E-state index < -0.39 is 5.60 Å². The Hall–Kier alpha value is -1.54. The molecule has 1 amide bonds. The Labute approximate surface area is 163 Å². The molecule has 1 aliphatic rings. The summed E-state index contributed by atoms with van der Waals surface area (Å²) in [5, 5.41) is 9.27. The van der Waals surface area contributed by atoms with E-state index in [1.807, 2.05) is 27.7 Å². The van der Waals surface area contributed by atoms with E-state index in [1.165, 1.54) is 0 Å². The first-order valence-corrected chi connectivity index (χ1v) is 10.1. The first-order chi connectivity index (χ1) is 12.9. The SMILES string of the molecule is CCNC(=NCCCNC(=O)OC(C)(C)C)NCCCOC1CCOCC1. The summed E-state index contributed by atoms with van der Waals surface area (Å²) in [6.07, 6.45) is 3.63. The molecule has 0 bridgehead atoms. The number of carbonyl (C=O) groups is 1. The Balaban J connectivity index is 2.11. The van der Waals surface area contributed by atoms with Gasteiger partial charge in [0.1, 0.15) is 5.60 Å². The van der Waals surface area contributed by atoms with Crippen molar-refractivity contribution in [3.05, 3.63) is 0 Å². The minimum Gasteiger partial charge on any atom is -0.444 e. The zero-order chi connectivity index (χ0) is 20.0. The van der Waals surface area contributed by atoms with E-state index in [0.717, 1.165) is 64.6 Å². The molecule has 1 aliphatic heterocycles. The molecule has 0 aromatic heterocycles. The van der Waals surface area contributed by atoms with Gasteiger partial charge in [0.25, 0.3) is 0 Å². The van der Waals surface area contributed by atoms with Crippen LogP contribution in [0, 0.1) is 0 Å². The lowest BCUT2D eigenvalue weighted by Gasteiger charge is -2.22. The molecule has 0 aliphatic carbocycles. The van der Waals surface area contributed by atoms with E-state index in [9.17, 15) is 4.79 Å². The third-order valence-electron chi connectivity index (χ3n) is 3.75. The molecule has 0 unspecified atom stereocenters. The fourth-order valence-corrected chi connectivity index (χ4v) is 2.49. The summed E-state index contributed by atoms with van der Waals surface area (Å²) in [5.41, 5.74) is -0.473. The topological polar surface area (TPSA) is 93.2 Å². The van der Waals surface area contributed by atoms with Crippen LogP contribution in [0.15, 0.2) is 4.99 Å². The quantitative estimate of drug-likeness (QED) is 0.302. The fraction of sp³-hybridized carbons (Fsp3) is 0.895. The molecule has 0 spiro atoms. The van der Waals surface area contributed by atoms with Gasteiger partial charge in [-0.25, -0.2) is 4.79 Å². The lowest BCUT2D eigenvalue weighted by Crippen LogP contribution is -2.38. The fourth-order valence-electron chi connectivity index (χ4n) is 2.49. The van der Waals surface area contributed by atoms with Gasteiger partial charge in [-0.2, -0.15) is 0 Å². The number of guanidine groups is 1. The van der Waals surface area contributed by atoms with Crippen molar-refractivity contribution in [3.63, 3.8) is 0 Å². The Morgan fingerprint density at radius 3 is 2.48 bits per heavy atom. The van der Waals surface area contributed by atoms with E-state index in [1.54, 1.807) is 0 Å². The lowest BCUT2D eigenvalue weighted by molar-refractivity contribution is -0.0320. The van der Waals surface area contributed by atoms with Gasteiger partial charge in [-0.05, 0) is 53.4 Å². The molecule has 27 heavy (non-hydrogen) atoms. The summed E-state index contributed by atoms with van der Waals surface area (Å²) in [6.45, 7) is 12.7. The van der Waals surface area contributed by atoms with Crippen molar-refractivity contribution in [1.29, 1.82) is 0 Å². The van der Waals surface area contributed by atoms with Crippen LogP contribution in [0.25, 0.3) is 0 Å². The normalized spacial score (nSPS) is 16.1. The maximum atomic E-state index is 11.6. The Kier molecular flexibility index (Phi) is 11.8. The van der Waals surface area contributed by atoms with Crippen LogP contribution in [0.4, 0.5) is 4.79 Å². The summed E-state index contributed by atoms with van der Waals surface area (Å²) < 4.78 is 16.4. The molecule has 0 radical (unpaired) electrons. The summed E-state index contributed by atoms with van der Waals surface area (Å²) in [4.78, 5) is 16.1. The second-order valence-electron chi connectivity index (χ2n) is 7.51. The first-order valence-electron chi connectivity index (χ1n) is 10.1. The zero-order valence-electron chi connectivity index (χ0n) is 17.4. The molecule has 0 aromatic rings. The molecule has 0 saturated carbocycles. The van der Waals surface area contributed by atoms with Crippen LogP contribution in [-0.4, -0.2) is 69.8 Å². The van der Waals surface area contributed by atoms with Gasteiger partial charge in [0.15, 0.2) is 5.96 Å². The third kappa shape index (κ3) is 13.3. The predicted octanol–water partition coefficient (Wildman–Crippen LogP) is 2.04. The van der Waals surface area contributed by atoms with Gasteiger partial charge < -0.3 is 30.2 Å². The minimum absolute atomic E-state index is 0.345. The second kappa shape index (κ2) is 13.6. The zero-order valence-corrected chi connectivity index (χ0v) is 17.4. The number of carbonyl (C=O) groups excluding carboxylic acids is 1. The highest BCUT2D eigenvalue weighted by Gasteiger charge is 2.15. The van der Waals surface area contributed by atoms with Crippen LogP contribution in [0.5, 0.6) is 0 Å². The molecular weight excluding hydrogens is 348 g/mol. The van der Waals surface area contributed by atoms with E-state index >= 15 is 0 Å². The lowest BCUT2D eigenvalue weighted by atomic mass is 10.1. The maximum Gasteiger partial charge on any atom is 0.407 e. The van der Waals surface area contributed by atoms with Crippen molar-refractivity contribution in [2.45, 2.75) is 65.1 Å². The van der Waals surface area contributed by atoms with Crippen LogP contribution in [0.1, 0.15) is 53.4 Å². The van der Waals surface area contributed by atoms with Gasteiger partial charge in [0.05, 0.1) is 6.10 Å². The average molecular weight is 387 g/mol. The van der Waals surface area contributed by atoms with Crippen molar-refractivity contribution in [1.82, 2.24) is 16.0 Å². The maximum absolute atomic E-state index is 11.6. The molecule has 1 rings (SSSR count). The summed E-state index contributed by atoms with van der Waals surface area (Å²) in [6, 6.07) is 0. The molecule has 1 heterocycles. The van der Waals surface area contributed by atoms with Gasteiger partial charge in [-0.15, -0.1) is 0 Å². The standard InChI is InChI=1S/C19H38N4O4/c1-5-20-17(21-10-6-11-23-18(24)27-19(2,3)4)22-12-7-13-26-16-8-14-25-15-9-16/h16H,5-15H2,1-4H3,(H,23,24)(H2,20,21,22). The molecule has 3 N–H and O–H groups in total. The van der Waals surface area contributed by atoms with Gasteiger partial charge in [-0.3, -0.25) is 4.99 Å². The number of amides is 1. The summed E-state index contributed by atoms with van der Waals surface area (Å²) >= 11 is 0. The highest BCUT2D eigenvalue weighted by atomic mass is 16.6. The minimum atomic E-state index is -0.473. The number of rotatable bonds is 10. The van der Waals surface area contributed by atoms with Crippen LogP contribution in [0.3, 0.4) is 0 Å². The van der Waals surface area contributed by atoms with Crippen molar-refractivity contribution >= 4 is 12.1 Å². The summed E-state index contributed by atoms with van der Waals surface area (Å²) in [7, 11) is 0. The van der Waals surface area contributed by atoms with Gasteiger partial charge in [-0.1, -0.05) is 0 Å². The molecule has 1 fully saturated rings. The summed E-state index contributed by atoms with van der Waals surface area (Å²) in [5.74, 6) is 0.792. The van der Waals surface area contributed by atoms with Gasteiger partial charge in [0.2, 0.25) is 0 Å². The van der Waals surface area contributed by atoms with Gasteiger partial charge >= 0.3 is 6.09 Å². The van der Waals surface area contributed by atoms with E-state index in [-0.39, 0.29) is 6.09 Å². The van der Waals surface area contributed by atoms with Crippen LogP contribution in [-0.2, 0) is 14.2 Å². The molecule has 1 saturated heterocycles. The number of ether oxygens (including phenoxy) is 3.